The molecule has 0 atom stereocenters. The Kier molecular flexibility index (Phi) is 3.94. The molecular formula is C13H20N2OS. The minimum atomic E-state index is 0.238. The van der Waals surface area contributed by atoms with E-state index in [1.165, 1.54) is 4.90 Å². The molecule has 4 heteroatoms. The summed E-state index contributed by atoms with van der Waals surface area (Å²) in [5.41, 5.74) is 0. The molecule has 0 aliphatic carbocycles. The van der Waals surface area contributed by atoms with Crippen LogP contribution in [-0.2, 0) is 4.74 Å². The van der Waals surface area contributed by atoms with Crippen molar-refractivity contribution >= 4 is 17.6 Å². The maximum absolute atomic E-state index is 5.34. The smallest absolute Gasteiger partial charge is 0.128 e. The van der Waals surface area contributed by atoms with E-state index in [0.29, 0.717) is 0 Å². The first-order chi connectivity index (χ1) is 8.04. The first-order valence-corrected chi connectivity index (χ1v) is 6.84. The molecule has 0 amide bonds. The van der Waals surface area contributed by atoms with Gasteiger partial charge in [0, 0.05) is 28.9 Å². The number of aromatic nitrogens is 1. The number of ether oxygens (including phenoxy) is 1. The zero-order valence-corrected chi connectivity index (χ0v) is 11.6. The van der Waals surface area contributed by atoms with Crippen molar-refractivity contribution in [2.45, 2.75) is 30.4 Å². The summed E-state index contributed by atoms with van der Waals surface area (Å²) in [6.07, 6.45) is 1.97. The van der Waals surface area contributed by atoms with Crippen LogP contribution in [0.1, 0.15) is 20.8 Å². The lowest BCUT2D eigenvalue weighted by atomic mass is 10.3. The third-order valence-electron chi connectivity index (χ3n) is 2.48. The van der Waals surface area contributed by atoms with E-state index >= 15 is 0 Å². The van der Waals surface area contributed by atoms with Crippen molar-refractivity contribution in [1.29, 1.82) is 0 Å². The molecule has 1 aromatic heterocycles. The number of anilines is 1. The van der Waals surface area contributed by atoms with Gasteiger partial charge in [-0.2, -0.15) is 0 Å². The van der Waals surface area contributed by atoms with E-state index in [2.05, 4.69) is 42.8 Å². The SMILES string of the molecule is CC(C)(C)Sc1ccc(N2CCOCC2)nc1. The van der Waals surface area contributed by atoms with E-state index in [1.54, 1.807) is 0 Å². The Morgan fingerprint density at radius 2 is 1.94 bits per heavy atom. The van der Waals surface area contributed by atoms with Crippen LogP contribution in [0.25, 0.3) is 0 Å². The number of hydrogen-bond donors (Lipinski definition) is 0. The quantitative estimate of drug-likeness (QED) is 0.756. The maximum Gasteiger partial charge on any atom is 0.128 e. The number of nitrogens with zero attached hydrogens (tertiary/aromatic N) is 2. The van der Waals surface area contributed by atoms with E-state index < -0.39 is 0 Å². The summed E-state index contributed by atoms with van der Waals surface area (Å²) >= 11 is 1.85. The van der Waals surface area contributed by atoms with Gasteiger partial charge in [-0.3, -0.25) is 0 Å². The van der Waals surface area contributed by atoms with Crippen LogP contribution in [-0.4, -0.2) is 36.0 Å². The zero-order valence-electron chi connectivity index (χ0n) is 10.8. The lowest BCUT2D eigenvalue weighted by Crippen LogP contribution is -2.36. The van der Waals surface area contributed by atoms with Gasteiger partial charge in [-0.15, -0.1) is 11.8 Å². The standard InChI is InChI=1S/C13H20N2OS/c1-13(2,3)17-11-4-5-12(14-10-11)15-6-8-16-9-7-15/h4-5,10H,6-9H2,1-3H3. The number of morpholine rings is 1. The Hall–Kier alpha value is -0.740. The fourth-order valence-corrected chi connectivity index (χ4v) is 2.71. The van der Waals surface area contributed by atoms with Gasteiger partial charge in [0.25, 0.3) is 0 Å². The van der Waals surface area contributed by atoms with Gasteiger partial charge in [0.15, 0.2) is 0 Å². The number of thioether (sulfide) groups is 1. The molecule has 0 bridgehead atoms. The zero-order chi connectivity index (χ0) is 12.3. The third-order valence-corrected chi connectivity index (χ3v) is 3.57. The van der Waals surface area contributed by atoms with Gasteiger partial charge in [0.1, 0.15) is 5.82 Å². The second-order valence-electron chi connectivity index (χ2n) is 5.17. The second-order valence-corrected chi connectivity index (χ2v) is 7.07. The summed E-state index contributed by atoms with van der Waals surface area (Å²) in [7, 11) is 0. The minimum absolute atomic E-state index is 0.238. The van der Waals surface area contributed by atoms with E-state index in [9.17, 15) is 0 Å². The van der Waals surface area contributed by atoms with Crippen molar-refractivity contribution in [3.63, 3.8) is 0 Å². The lowest BCUT2D eigenvalue weighted by molar-refractivity contribution is 0.122. The van der Waals surface area contributed by atoms with Crippen LogP contribution >= 0.6 is 11.8 Å². The molecule has 17 heavy (non-hydrogen) atoms. The number of hydrogen-bond acceptors (Lipinski definition) is 4. The molecule has 1 aliphatic heterocycles. The molecule has 94 valence electrons. The van der Waals surface area contributed by atoms with Crippen LogP contribution in [0, 0.1) is 0 Å². The van der Waals surface area contributed by atoms with E-state index in [4.69, 9.17) is 4.74 Å². The summed E-state index contributed by atoms with van der Waals surface area (Å²) in [4.78, 5) is 8.04. The van der Waals surface area contributed by atoms with Gasteiger partial charge in [0.2, 0.25) is 0 Å². The Bertz CT molecular complexity index is 353. The number of rotatable bonds is 2. The van der Waals surface area contributed by atoms with Crippen molar-refractivity contribution in [1.82, 2.24) is 4.98 Å². The van der Waals surface area contributed by atoms with E-state index in [-0.39, 0.29) is 4.75 Å². The average Bonchev–Trinajstić information content (AvgIpc) is 2.29. The normalized spacial score (nSPS) is 17.2. The van der Waals surface area contributed by atoms with Gasteiger partial charge in [-0.05, 0) is 12.1 Å². The summed E-state index contributed by atoms with van der Waals surface area (Å²) in [6.45, 7) is 10.1. The maximum atomic E-state index is 5.34. The van der Waals surface area contributed by atoms with Crippen LogP contribution in [0.15, 0.2) is 23.2 Å². The van der Waals surface area contributed by atoms with Gasteiger partial charge in [-0.25, -0.2) is 4.98 Å². The van der Waals surface area contributed by atoms with Gasteiger partial charge in [0.05, 0.1) is 13.2 Å². The van der Waals surface area contributed by atoms with Crippen LogP contribution in [0.3, 0.4) is 0 Å². The minimum Gasteiger partial charge on any atom is -0.378 e. The predicted molar refractivity (Wildman–Crippen MR) is 72.9 cm³/mol. The highest BCUT2D eigenvalue weighted by atomic mass is 32.2. The fourth-order valence-electron chi connectivity index (χ4n) is 1.77. The Morgan fingerprint density at radius 1 is 1.24 bits per heavy atom. The van der Waals surface area contributed by atoms with Crippen LogP contribution < -0.4 is 4.90 Å². The summed E-state index contributed by atoms with van der Waals surface area (Å²) in [5, 5.41) is 0. The molecule has 1 fully saturated rings. The molecule has 0 N–H and O–H groups in total. The molecule has 3 nitrogen and oxygen atoms in total. The van der Waals surface area contributed by atoms with Gasteiger partial charge in [-0.1, -0.05) is 20.8 Å². The van der Waals surface area contributed by atoms with E-state index in [0.717, 1.165) is 32.1 Å². The highest BCUT2D eigenvalue weighted by Crippen LogP contribution is 2.31. The summed E-state index contributed by atoms with van der Waals surface area (Å²) in [6, 6.07) is 4.27. The topological polar surface area (TPSA) is 25.4 Å². The van der Waals surface area contributed by atoms with Crippen molar-refractivity contribution < 1.29 is 4.74 Å². The van der Waals surface area contributed by atoms with Gasteiger partial charge >= 0.3 is 0 Å². The highest BCUT2D eigenvalue weighted by Gasteiger charge is 2.14. The molecule has 1 aliphatic rings. The Balaban J connectivity index is 2.02. The summed E-state index contributed by atoms with van der Waals surface area (Å²) < 4.78 is 5.58. The molecule has 2 rings (SSSR count). The molecule has 0 spiro atoms. The largest absolute Gasteiger partial charge is 0.378 e. The van der Waals surface area contributed by atoms with Crippen molar-refractivity contribution in [2.24, 2.45) is 0 Å². The Morgan fingerprint density at radius 3 is 2.47 bits per heavy atom. The Labute approximate surface area is 108 Å². The average molecular weight is 252 g/mol. The molecule has 1 saturated heterocycles. The van der Waals surface area contributed by atoms with Crippen LogP contribution in [0.4, 0.5) is 5.82 Å². The first-order valence-electron chi connectivity index (χ1n) is 6.02. The number of pyridine rings is 1. The molecule has 0 unspecified atom stereocenters. The summed E-state index contributed by atoms with van der Waals surface area (Å²) in [5.74, 6) is 1.06. The molecule has 0 saturated carbocycles. The van der Waals surface area contributed by atoms with E-state index in [1.807, 2.05) is 18.0 Å². The molecule has 1 aromatic rings. The molecule has 2 heterocycles. The second kappa shape index (κ2) is 5.27. The molecule has 0 aromatic carbocycles. The predicted octanol–water partition coefficient (Wildman–Crippen LogP) is 2.81. The van der Waals surface area contributed by atoms with Gasteiger partial charge < -0.3 is 9.64 Å². The third kappa shape index (κ3) is 3.89. The van der Waals surface area contributed by atoms with Crippen LogP contribution in [0.2, 0.25) is 0 Å². The highest BCUT2D eigenvalue weighted by molar-refractivity contribution is 8.00. The monoisotopic (exact) mass is 252 g/mol. The van der Waals surface area contributed by atoms with Crippen molar-refractivity contribution in [3.05, 3.63) is 18.3 Å². The molecular weight excluding hydrogens is 232 g/mol. The van der Waals surface area contributed by atoms with Crippen molar-refractivity contribution in [2.75, 3.05) is 31.2 Å². The fraction of sp³-hybridized carbons (Fsp3) is 0.615. The van der Waals surface area contributed by atoms with Crippen LogP contribution in [0.5, 0.6) is 0 Å². The first kappa shape index (κ1) is 12.7. The molecule has 0 radical (unpaired) electrons. The lowest BCUT2D eigenvalue weighted by Gasteiger charge is -2.28. The van der Waals surface area contributed by atoms with Crippen molar-refractivity contribution in [3.8, 4) is 0 Å².